The number of nitrogens with zero attached hydrogens (tertiary/aromatic N) is 2. The van der Waals surface area contributed by atoms with Crippen LogP contribution in [0.4, 0.5) is 5.82 Å². The van der Waals surface area contributed by atoms with Gasteiger partial charge in [-0.05, 0) is 13.3 Å². The number of carbonyl (C=O) groups is 2. The minimum Gasteiger partial charge on any atom is -0.360 e. The Morgan fingerprint density at radius 2 is 2.28 bits per heavy atom. The van der Waals surface area contributed by atoms with Crippen molar-refractivity contribution in [1.82, 2.24) is 10.1 Å². The maximum atomic E-state index is 11.5. The number of thioether (sulfide) groups is 1. The molecule has 1 aliphatic rings. The van der Waals surface area contributed by atoms with Crippen molar-refractivity contribution < 1.29 is 14.1 Å². The Bertz CT molecular complexity index is 442. The Balaban J connectivity index is 1.64. The highest BCUT2D eigenvalue weighted by atomic mass is 32.2. The smallest absolute Gasteiger partial charge is 0.235 e. The van der Waals surface area contributed by atoms with Gasteiger partial charge >= 0.3 is 0 Å². The number of nitrogens with one attached hydrogen (secondary N) is 1. The third-order valence-corrected chi connectivity index (χ3v) is 3.48. The van der Waals surface area contributed by atoms with Crippen LogP contribution in [-0.4, -0.2) is 46.5 Å². The van der Waals surface area contributed by atoms with Gasteiger partial charge in [0, 0.05) is 19.2 Å². The third-order valence-electron chi connectivity index (χ3n) is 2.56. The lowest BCUT2D eigenvalue weighted by Crippen LogP contribution is -2.43. The molecule has 0 saturated carbocycles. The highest BCUT2D eigenvalue weighted by Crippen LogP contribution is 2.11. The lowest BCUT2D eigenvalue weighted by Gasteiger charge is -2.30. The van der Waals surface area contributed by atoms with E-state index in [2.05, 4.69) is 10.5 Å². The molecule has 0 atom stereocenters. The van der Waals surface area contributed by atoms with E-state index in [1.165, 1.54) is 11.8 Å². The first kappa shape index (κ1) is 12.9. The number of hydrogen-bond acceptors (Lipinski definition) is 5. The molecule has 2 amide bonds. The van der Waals surface area contributed by atoms with Gasteiger partial charge in [0.25, 0.3) is 0 Å². The molecule has 0 aliphatic carbocycles. The van der Waals surface area contributed by atoms with Crippen LogP contribution in [0.1, 0.15) is 12.2 Å². The Kier molecular flexibility index (Phi) is 4.24. The van der Waals surface area contributed by atoms with Crippen molar-refractivity contribution in [2.45, 2.75) is 13.3 Å². The SMILES string of the molecule is Cc1cc(NC(=O)CSCC(=O)N2CCC2)no1. The second-order valence-electron chi connectivity index (χ2n) is 4.10. The normalized spacial score (nSPS) is 14.2. The molecule has 0 unspecified atom stereocenters. The molecule has 1 N–H and O–H groups in total. The maximum Gasteiger partial charge on any atom is 0.235 e. The van der Waals surface area contributed by atoms with E-state index >= 15 is 0 Å². The summed E-state index contributed by atoms with van der Waals surface area (Å²) >= 11 is 1.31. The van der Waals surface area contributed by atoms with E-state index in [0.717, 1.165) is 19.5 Å². The molecule has 1 fully saturated rings. The highest BCUT2D eigenvalue weighted by Gasteiger charge is 2.19. The minimum atomic E-state index is -0.176. The highest BCUT2D eigenvalue weighted by molar-refractivity contribution is 8.00. The number of carbonyl (C=O) groups excluding carboxylic acids is 2. The van der Waals surface area contributed by atoms with E-state index in [-0.39, 0.29) is 17.6 Å². The van der Waals surface area contributed by atoms with Gasteiger partial charge in [-0.2, -0.15) is 0 Å². The van der Waals surface area contributed by atoms with Crippen molar-refractivity contribution in [1.29, 1.82) is 0 Å². The van der Waals surface area contributed by atoms with Crippen LogP contribution < -0.4 is 5.32 Å². The Labute approximate surface area is 109 Å². The quantitative estimate of drug-likeness (QED) is 0.859. The first-order valence-electron chi connectivity index (χ1n) is 5.74. The number of aryl methyl sites for hydroxylation is 1. The van der Waals surface area contributed by atoms with Crippen LogP contribution in [0.3, 0.4) is 0 Å². The van der Waals surface area contributed by atoms with E-state index in [4.69, 9.17) is 4.52 Å². The van der Waals surface area contributed by atoms with Crippen LogP contribution in [0.5, 0.6) is 0 Å². The van der Waals surface area contributed by atoms with Crippen molar-refractivity contribution >= 4 is 29.4 Å². The van der Waals surface area contributed by atoms with Crippen LogP contribution in [-0.2, 0) is 9.59 Å². The summed E-state index contributed by atoms with van der Waals surface area (Å²) in [5.74, 6) is 1.58. The second kappa shape index (κ2) is 5.90. The molecule has 6 nitrogen and oxygen atoms in total. The standard InChI is InChI=1S/C11H15N3O3S/c1-8-5-9(13-17-8)12-10(15)6-18-7-11(16)14-3-2-4-14/h5H,2-4,6-7H2,1H3,(H,12,13,15). The van der Waals surface area contributed by atoms with Crippen molar-refractivity contribution in [3.8, 4) is 0 Å². The van der Waals surface area contributed by atoms with E-state index in [0.29, 0.717) is 17.3 Å². The topological polar surface area (TPSA) is 75.4 Å². The molecule has 2 heterocycles. The summed E-state index contributed by atoms with van der Waals surface area (Å²) in [5, 5.41) is 6.26. The molecule has 7 heteroatoms. The van der Waals surface area contributed by atoms with Gasteiger partial charge in [-0.1, -0.05) is 5.16 Å². The molecule has 2 rings (SSSR count). The summed E-state index contributed by atoms with van der Waals surface area (Å²) in [6.07, 6.45) is 1.09. The summed E-state index contributed by atoms with van der Waals surface area (Å²) in [4.78, 5) is 24.8. The fourth-order valence-corrected chi connectivity index (χ4v) is 2.21. The fraction of sp³-hybridized carbons (Fsp3) is 0.545. The monoisotopic (exact) mass is 269 g/mol. The van der Waals surface area contributed by atoms with Crippen LogP contribution in [0.2, 0.25) is 0 Å². The molecule has 0 radical (unpaired) electrons. The molecule has 0 aromatic carbocycles. The summed E-state index contributed by atoms with van der Waals surface area (Å²) < 4.78 is 4.83. The Morgan fingerprint density at radius 1 is 1.50 bits per heavy atom. The summed E-state index contributed by atoms with van der Waals surface area (Å²) in [6, 6.07) is 1.65. The molecule has 0 spiro atoms. The van der Waals surface area contributed by atoms with E-state index in [1.54, 1.807) is 17.9 Å². The van der Waals surface area contributed by atoms with Gasteiger partial charge in [-0.3, -0.25) is 9.59 Å². The predicted octanol–water partition coefficient (Wildman–Crippen LogP) is 0.887. The van der Waals surface area contributed by atoms with Crippen LogP contribution in [0.15, 0.2) is 10.6 Å². The minimum absolute atomic E-state index is 0.108. The molecular formula is C11H15N3O3S. The van der Waals surface area contributed by atoms with Gasteiger partial charge in [-0.15, -0.1) is 11.8 Å². The fourth-order valence-electron chi connectivity index (χ4n) is 1.49. The van der Waals surface area contributed by atoms with Crippen molar-refractivity contribution in [2.75, 3.05) is 29.9 Å². The van der Waals surface area contributed by atoms with Crippen LogP contribution in [0, 0.1) is 6.92 Å². The van der Waals surface area contributed by atoms with Gasteiger partial charge in [0.05, 0.1) is 11.5 Å². The Morgan fingerprint density at radius 3 is 2.83 bits per heavy atom. The first-order valence-corrected chi connectivity index (χ1v) is 6.89. The predicted molar refractivity (Wildman–Crippen MR) is 68.4 cm³/mol. The van der Waals surface area contributed by atoms with Gasteiger partial charge < -0.3 is 14.7 Å². The summed E-state index contributed by atoms with van der Waals surface area (Å²) in [7, 11) is 0. The van der Waals surface area contributed by atoms with Gasteiger partial charge in [-0.25, -0.2) is 0 Å². The molecule has 18 heavy (non-hydrogen) atoms. The van der Waals surface area contributed by atoms with Gasteiger partial charge in [0.1, 0.15) is 5.76 Å². The van der Waals surface area contributed by atoms with E-state index in [9.17, 15) is 9.59 Å². The second-order valence-corrected chi connectivity index (χ2v) is 5.08. The molecule has 1 aromatic rings. The number of rotatable bonds is 5. The summed E-state index contributed by atoms with van der Waals surface area (Å²) in [6.45, 7) is 3.46. The molecule has 1 saturated heterocycles. The third kappa shape index (κ3) is 3.49. The van der Waals surface area contributed by atoms with Gasteiger partial charge in [0.2, 0.25) is 11.8 Å². The van der Waals surface area contributed by atoms with E-state index in [1.807, 2.05) is 0 Å². The molecule has 98 valence electrons. The van der Waals surface area contributed by atoms with Crippen LogP contribution >= 0.6 is 11.8 Å². The Hall–Kier alpha value is -1.50. The van der Waals surface area contributed by atoms with E-state index < -0.39 is 0 Å². The lowest BCUT2D eigenvalue weighted by molar-refractivity contribution is -0.131. The van der Waals surface area contributed by atoms with Gasteiger partial charge in [0.15, 0.2) is 5.82 Å². The molecule has 0 bridgehead atoms. The number of anilines is 1. The summed E-state index contributed by atoms with van der Waals surface area (Å²) in [5.41, 5.74) is 0. The zero-order valence-corrected chi connectivity index (χ0v) is 11.0. The van der Waals surface area contributed by atoms with Crippen molar-refractivity contribution in [3.63, 3.8) is 0 Å². The average molecular weight is 269 g/mol. The number of likely N-dealkylation sites (tertiary alicyclic amines) is 1. The maximum absolute atomic E-state index is 11.5. The van der Waals surface area contributed by atoms with Crippen molar-refractivity contribution in [3.05, 3.63) is 11.8 Å². The lowest BCUT2D eigenvalue weighted by atomic mass is 10.2. The molecule has 1 aromatic heterocycles. The molecular weight excluding hydrogens is 254 g/mol. The average Bonchev–Trinajstić information content (AvgIpc) is 2.61. The number of hydrogen-bond donors (Lipinski definition) is 1. The molecule has 1 aliphatic heterocycles. The number of amides is 2. The van der Waals surface area contributed by atoms with Crippen LogP contribution in [0.25, 0.3) is 0 Å². The van der Waals surface area contributed by atoms with Crippen molar-refractivity contribution in [2.24, 2.45) is 0 Å². The number of aromatic nitrogens is 1. The zero-order chi connectivity index (χ0) is 13.0. The largest absolute Gasteiger partial charge is 0.360 e. The first-order chi connectivity index (χ1) is 8.65. The zero-order valence-electron chi connectivity index (χ0n) is 10.1.